The molecule has 8 heteroatoms. The van der Waals surface area contributed by atoms with Crippen LogP contribution in [0.15, 0.2) is 36.5 Å². The van der Waals surface area contributed by atoms with Crippen LogP contribution in [0.2, 0.25) is 0 Å². The number of rotatable bonds is 5. The van der Waals surface area contributed by atoms with E-state index in [2.05, 4.69) is 28.6 Å². The quantitative estimate of drug-likeness (QED) is 0.506. The first-order chi connectivity index (χ1) is 16.0. The van der Waals surface area contributed by atoms with Gasteiger partial charge in [0.25, 0.3) is 5.91 Å². The Kier molecular flexibility index (Phi) is 5.54. The number of hydrogen-bond acceptors (Lipinski definition) is 5. The van der Waals surface area contributed by atoms with Crippen molar-refractivity contribution in [1.82, 2.24) is 24.0 Å². The van der Waals surface area contributed by atoms with Gasteiger partial charge in [-0.05, 0) is 49.6 Å². The summed E-state index contributed by atoms with van der Waals surface area (Å²) in [6.45, 7) is 4.30. The number of methoxy groups -OCH3 is 1. The molecule has 172 valence electrons. The van der Waals surface area contributed by atoms with Crippen LogP contribution in [0.4, 0.5) is 0 Å². The lowest BCUT2D eigenvalue weighted by Crippen LogP contribution is -2.45. The van der Waals surface area contributed by atoms with Crippen molar-refractivity contribution < 1.29 is 9.53 Å². The zero-order chi connectivity index (χ0) is 23.1. The SMILES string of the molecule is CCCn1c(-c2nc3cc(C(=O)N4CCC[C@@H](N)C4)cc(OC)c3n2C)cc2cccnc21. The van der Waals surface area contributed by atoms with Gasteiger partial charge in [-0.15, -0.1) is 0 Å². The summed E-state index contributed by atoms with van der Waals surface area (Å²) in [5.41, 5.74) is 10.2. The molecule has 0 aliphatic carbocycles. The third-order valence-corrected chi connectivity index (χ3v) is 6.48. The largest absolute Gasteiger partial charge is 0.494 e. The molecule has 1 amide bonds. The highest BCUT2D eigenvalue weighted by Crippen LogP contribution is 2.34. The Bertz CT molecular complexity index is 1340. The number of likely N-dealkylation sites (tertiary alicyclic amines) is 1. The van der Waals surface area contributed by atoms with E-state index in [1.54, 1.807) is 7.11 Å². The number of ether oxygens (including phenoxy) is 1. The van der Waals surface area contributed by atoms with E-state index in [0.717, 1.165) is 65.9 Å². The number of nitrogens with two attached hydrogens (primary N) is 1. The van der Waals surface area contributed by atoms with Crippen LogP contribution < -0.4 is 10.5 Å². The number of aryl methyl sites for hydroxylation is 2. The van der Waals surface area contributed by atoms with Gasteiger partial charge in [-0.2, -0.15) is 0 Å². The van der Waals surface area contributed by atoms with Crippen molar-refractivity contribution >= 4 is 28.0 Å². The van der Waals surface area contributed by atoms with Gasteiger partial charge >= 0.3 is 0 Å². The molecule has 0 bridgehead atoms. The molecule has 3 aromatic heterocycles. The smallest absolute Gasteiger partial charge is 0.254 e. The van der Waals surface area contributed by atoms with E-state index in [-0.39, 0.29) is 11.9 Å². The van der Waals surface area contributed by atoms with E-state index in [9.17, 15) is 4.79 Å². The van der Waals surface area contributed by atoms with Crippen LogP contribution in [0.1, 0.15) is 36.5 Å². The standard InChI is InChI=1S/C25H30N6O2/c1-4-10-31-20(13-16-7-5-9-27-23(16)31)24-28-19-12-17(14-21(33-3)22(19)29(24)2)25(32)30-11-6-8-18(26)15-30/h5,7,9,12-14,18H,4,6,8,10-11,15,26H2,1-3H3/t18-/m1/s1. The molecule has 1 fully saturated rings. The topological polar surface area (TPSA) is 91.2 Å². The lowest BCUT2D eigenvalue weighted by atomic mass is 10.0. The van der Waals surface area contributed by atoms with Crippen LogP contribution in [-0.2, 0) is 13.6 Å². The van der Waals surface area contributed by atoms with Gasteiger partial charge in [0.15, 0.2) is 5.82 Å². The van der Waals surface area contributed by atoms with Crippen molar-refractivity contribution in [2.45, 2.75) is 38.8 Å². The van der Waals surface area contributed by atoms with Crippen molar-refractivity contribution in [2.24, 2.45) is 12.8 Å². The number of fused-ring (bicyclic) bond motifs is 2. The summed E-state index contributed by atoms with van der Waals surface area (Å²) in [6, 6.07) is 9.87. The number of imidazole rings is 1. The fourth-order valence-electron chi connectivity index (χ4n) is 4.92. The molecule has 0 unspecified atom stereocenters. The van der Waals surface area contributed by atoms with Crippen molar-refractivity contribution in [3.63, 3.8) is 0 Å². The average molecular weight is 447 g/mol. The lowest BCUT2D eigenvalue weighted by molar-refractivity contribution is 0.0708. The van der Waals surface area contributed by atoms with Crippen molar-refractivity contribution in [1.29, 1.82) is 0 Å². The van der Waals surface area contributed by atoms with Crippen LogP contribution in [0.5, 0.6) is 5.75 Å². The Morgan fingerprint density at radius 3 is 2.91 bits per heavy atom. The number of hydrogen-bond donors (Lipinski definition) is 1. The molecule has 1 aliphatic heterocycles. The van der Waals surface area contributed by atoms with Crippen molar-refractivity contribution in [3.05, 3.63) is 42.1 Å². The third-order valence-electron chi connectivity index (χ3n) is 6.48. The Morgan fingerprint density at radius 1 is 1.30 bits per heavy atom. The minimum atomic E-state index is -0.0261. The van der Waals surface area contributed by atoms with Gasteiger partial charge in [-0.1, -0.05) is 6.92 Å². The highest BCUT2D eigenvalue weighted by atomic mass is 16.5. The Balaban J connectivity index is 1.64. The number of carbonyl (C=O) groups is 1. The second-order valence-corrected chi connectivity index (χ2v) is 8.79. The number of nitrogens with zero attached hydrogens (tertiary/aromatic N) is 5. The van der Waals surface area contributed by atoms with E-state index in [1.807, 2.05) is 40.9 Å². The van der Waals surface area contributed by atoms with Gasteiger partial charge in [0.1, 0.15) is 16.9 Å². The number of pyridine rings is 1. The van der Waals surface area contributed by atoms with Crippen LogP contribution in [0, 0.1) is 0 Å². The molecule has 1 saturated heterocycles. The van der Waals surface area contributed by atoms with Gasteiger partial charge in [0.2, 0.25) is 0 Å². The van der Waals surface area contributed by atoms with Gasteiger partial charge in [0.05, 0.1) is 18.3 Å². The number of aromatic nitrogens is 4. The number of benzene rings is 1. The average Bonchev–Trinajstić information content (AvgIpc) is 3.36. The molecular weight excluding hydrogens is 416 g/mol. The molecular formula is C25H30N6O2. The first-order valence-electron chi connectivity index (χ1n) is 11.6. The zero-order valence-corrected chi connectivity index (χ0v) is 19.4. The molecule has 1 atom stereocenters. The maximum Gasteiger partial charge on any atom is 0.254 e. The summed E-state index contributed by atoms with van der Waals surface area (Å²) in [5.74, 6) is 1.43. The van der Waals surface area contributed by atoms with Gasteiger partial charge in [-0.3, -0.25) is 4.79 Å². The molecule has 1 aromatic carbocycles. The molecule has 0 spiro atoms. The number of amides is 1. The Morgan fingerprint density at radius 2 is 2.15 bits per heavy atom. The van der Waals surface area contributed by atoms with Crippen LogP contribution >= 0.6 is 0 Å². The van der Waals surface area contributed by atoms with E-state index in [1.165, 1.54) is 0 Å². The van der Waals surface area contributed by atoms with Gasteiger partial charge in [0, 0.05) is 49.9 Å². The predicted molar refractivity (Wildman–Crippen MR) is 129 cm³/mol. The summed E-state index contributed by atoms with van der Waals surface area (Å²) in [7, 11) is 3.62. The third kappa shape index (κ3) is 3.64. The molecule has 8 nitrogen and oxygen atoms in total. The first-order valence-corrected chi connectivity index (χ1v) is 11.6. The second kappa shape index (κ2) is 8.51. The molecule has 0 saturated carbocycles. The predicted octanol–water partition coefficient (Wildman–Crippen LogP) is 3.57. The zero-order valence-electron chi connectivity index (χ0n) is 19.4. The van der Waals surface area contributed by atoms with Crippen LogP contribution in [-0.4, -0.2) is 56.2 Å². The molecule has 4 heterocycles. The first kappa shape index (κ1) is 21.5. The molecule has 33 heavy (non-hydrogen) atoms. The fraction of sp³-hybridized carbons (Fsp3) is 0.400. The lowest BCUT2D eigenvalue weighted by Gasteiger charge is -2.30. The maximum absolute atomic E-state index is 13.2. The van der Waals surface area contributed by atoms with Crippen molar-refractivity contribution in [2.75, 3.05) is 20.2 Å². The van der Waals surface area contributed by atoms with Gasteiger partial charge in [-0.25, -0.2) is 9.97 Å². The summed E-state index contributed by atoms with van der Waals surface area (Å²) in [4.78, 5) is 24.7. The number of piperidine rings is 1. The Labute approximate surface area is 193 Å². The summed E-state index contributed by atoms with van der Waals surface area (Å²) in [5, 5.41) is 1.08. The highest BCUT2D eigenvalue weighted by Gasteiger charge is 2.25. The van der Waals surface area contributed by atoms with Crippen molar-refractivity contribution in [3.8, 4) is 17.3 Å². The second-order valence-electron chi connectivity index (χ2n) is 8.79. The number of carbonyl (C=O) groups excluding carboxylic acids is 1. The van der Waals surface area contributed by atoms with Gasteiger partial charge < -0.3 is 24.5 Å². The molecule has 1 aliphatic rings. The monoisotopic (exact) mass is 446 g/mol. The van der Waals surface area contributed by atoms with E-state index in [4.69, 9.17) is 15.5 Å². The molecule has 5 rings (SSSR count). The van der Waals surface area contributed by atoms with Crippen LogP contribution in [0.25, 0.3) is 33.6 Å². The highest BCUT2D eigenvalue weighted by molar-refractivity contribution is 6.00. The van der Waals surface area contributed by atoms with Crippen LogP contribution in [0.3, 0.4) is 0 Å². The molecule has 0 radical (unpaired) electrons. The fourth-order valence-corrected chi connectivity index (χ4v) is 4.92. The maximum atomic E-state index is 13.2. The van der Waals surface area contributed by atoms with E-state index >= 15 is 0 Å². The summed E-state index contributed by atoms with van der Waals surface area (Å²) < 4.78 is 9.97. The minimum absolute atomic E-state index is 0.0261. The molecule has 2 N–H and O–H groups in total. The van der Waals surface area contributed by atoms with E-state index < -0.39 is 0 Å². The Hall–Kier alpha value is -3.39. The summed E-state index contributed by atoms with van der Waals surface area (Å²) in [6.07, 6.45) is 4.68. The van der Waals surface area contributed by atoms with E-state index in [0.29, 0.717) is 17.9 Å². The normalized spacial score (nSPS) is 16.6. The minimum Gasteiger partial charge on any atom is -0.494 e. The molecule has 4 aromatic rings. The summed E-state index contributed by atoms with van der Waals surface area (Å²) >= 11 is 0.